The molecule has 2 heterocycles. The molecule has 1 aliphatic heterocycles. The van der Waals surface area contributed by atoms with Crippen LogP contribution in [0.3, 0.4) is 0 Å². The minimum atomic E-state index is 0.432. The minimum Gasteiger partial charge on any atom is -0.496 e. The van der Waals surface area contributed by atoms with E-state index >= 15 is 0 Å². The van der Waals surface area contributed by atoms with Crippen molar-refractivity contribution in [2.45, 2.75) is 18.9 Å². The van der Waals surface area contributed by atoms with E-state index in [-0.39, 0.29) is 0 Å². The van der Waals surface area contributed by atoms with E-state index < -0.39 is 0 Å². The van der Waals surface area contributed by atoms with Gasteiger partial charge in [0.1, 0.15) is 5.75 Å². The van der Waals surface area contributed by atoms with E-state index in [1.807, 2.05) is 30.7 Å². The molecule has 0 amide bonds. The molecule has 1 aliphatic rings. The number of hydrogen-bond acceptors (Lipinski definition) is 4. The van der Waals surface area contributed by atoms with E-state index in [2.05, 4.69) is 52.1 Å². The van der Waals surface area contributed by atoms with Crippen LogP contribution in [0.2, 0.25) is 0 Å². The molecule has 0 unspecified atom stereocenters. The molecule has 1 fully saturated rings. The number of ether oxygens (including phenoxy) is 1. The Kier molecular flexibility index (Phi) is 6.47. The Labute approximate surface area is 156 Å². The summed E-state index contributed by atoms with van der Waals surface area (Å²) in [5, 5.41) is 3.61. The number of benzene rings is 1. The molecule has 0 aliphatic carbocycles. The predicted octanol–water partition coefficient (Wildman–Crippen LogP) is 3.11. The monoisotopic (exact) mass is 354 g/mol. The van der Waals surface area contributed by atoms with Crippen LogP contribution in [0.4, 0.5) is 0 Å². The average Bonchev–Trinajstić information content (AvgIpc) is 3.07. The van der Waals surface area contributed by atoms with Crippen LogP contribution in [0.15, 0.2) is 42.9 Å². The molecule has 0 radical (unpaired) electrons. The summed E-state index contributed by atoms with van der Waals surface area (Å²) >= 11 is 0. The highest BCUT2D eigenvalue weighted by Crippen LogP contribution is 2.34. The summed E-state index contributed by atoms with van der Waals surface area (Å²) in [6, 6.07) is 8.52. The van der Waals surface area contributed by atoms with Gasteiger partial charge in [-0.1, -0.05) is 30.4 Å². The number of nitrogens with one attached hydrogen (secondary N) is 1. The summed E-state index contributed by atoms with van der Waals surface area (Å²) in [4.78, 5) is 6.79. The third kappa shape index (κ3) is 4.34. The first-order valence-electron chi connectivity index (χ1n) is 9.37. The van der Waals surface area contributed by atoms with Gasteiger partial charge in [-0.15, -0.1) is 0 Å². The van der Waals surface area contributed by atoms with Crippen molar-refractivity contribution >= 4 is 6.08 Å². The Morgan fingerprint density at radius 1 is 1.31 bits per heavy atom. The summed E-state index contributed by atoms with van der Waals surface area (Å²) in [6.45, 7) is 3.02. The van der Waals surface area contributed by atoms with E-state index in [0.29, 0.717) is 12.0 Å². The topological polar surface area (TPSA) is 42.3 Å². The molecule has 26 heavy (non-hydrogen) atoms. The van der Waals surface area contributed by atoms with Crippen LogP contribution in [-0.4, -0.2) is 48.2 Å². The number of rotatable bonds is 7. The van der Waals surface area contributed by atoms with Crippen molar-refractivity contribution in [1.82, 2.24) is 19.8 Å². The highest BCUT2D eigenvalue weighted by atomic mass is 16.5. The lowest BCUT2D eigenvalue weighted by atomic mass is 9.87. The Bertz CT molecular complexity index is 724. The third-order valence-corrected chi connectivity index (χ3v) is 5.27. The molecule has 0 bridgehead atoms. The van der Waals surface area contributed by atoms with E-state index in [4.69, 9.17) is 4.74 Å². The largest absolute Gasteiger partial charge is 0.496 e. The second-order valence-corrected chi connectivity index (χ2v) is 7.06. The van der Waals surface area contributed by atoms with Gasteiger partial charge in [0.25, 0.3) is 0 Å². The molecule has 5 heteroatoms. The van der Waals surface area contributed by atoms with E-state index in [1.54, 1.807) is 7.11 Å². The van der Waals surface area contributed by atoms with Gasteiger partial charge in [0.05, 0.1) is 25.2 Å². The van der Waals surface area contributed by atoms with Gasteiger partial charge in [-0.3, -0.25) is 4.90 Å². The first-order valence-corrected chi connectivity index (χ1v) is 9.37. The van der Waals surface area contributed by atoms with Gasteiger partial charge in [0.2, 0.25) is 0 Å². The van der Waals surface area contributed by atoms with Gasteiger partial charge in [-0.25, -0.2) is 4.98 Å². The number of nitrogens with zero attached hydrogens (tertiary/aromatic N) is 3. The maximum Gasteiger partial charge on any atom is 0.126 e. The van der Waals surface area contributed by atoms with Crippen molar-refractivity contribution in [2.75, 3.05) is 33.8 Å². The van der Waals surface area contributed by atoms with Crippen LogP contribution in [-0.2, 0) is 7.05 Å². The van der Waals surface area contributed by atoms with Gasteiger partial charge in [0, 0.05) is 31.9 Å². The fourth-order valence-corrected chi connectivity index (χ4v) is 3.94. The molecule has 1 N–H and O–H groups in total. The number of piperidine rings is 1. The number of likely N-dealkylation sites (tertiary alicyclic amines) is 1. The minimum absolute atomic E-state index is 0.432. The summed E-state index contributed by atoms with van der Waals surface area (Å²) in [6.07, 6.45) is 10.7. The number of imidazole rings is 1. The fourth-order valence-electron chi connectivity index (χ4n) is 3.94. The van der Waals surface area contributed by atoms with Gasteiger partial charge in [-0.05, 0) is 38.4 Å². The van der Waals surface area contributed by atoms with Crippen LogP contribution in [0.5, 0.6) is 5.75 Å². The quantitative estimate of drug-likeness (QED) is 0.776. The van der Waals surface area contributed by atoms with Crippen LogP contribution in [0.1, 0.15) is 30.1 Å². The summed E-state index contributed by atoms with van der Waals surface area (Å²) in [7, 11) is 6.03. The fraction of sp³-hybridized carbons (Fsp3) is 0.476. The second-order valence-electron chi connectivity index (χ2n) is 7.06. The van der Waals surface area contributed by atoms with Crippen molar-refractivity contribution in [2.24, 2.45) is 13.0 Å². The smallest absolute Gasteiger partial charge is 0.126 e. The maximum atomic E-state index is 5.39. The summed E-state index contributed by atoms with van der Waals surface area (Å²) in [5.74, 6) is 1.51. The lowest BCUT2D eigenvalue weighted by Crippen LogP contribution is -2.41. The summed E-state index contributed by atoms with van der Waals surface area (Å²) < 4.78 is 7.54. The molecule has 0 spiro atoms. The first-order chi connectivity index (χ1) is 12.7. The zero-order valence-electron chi connectivity index (χ0n) is 16.1. The lowest BCUT2D eigenvalue weighted by molar-refractivity contribution is 0.114. The van der Waals surface area contributed by atoms with Crippen LogP contribution < -0.4 is 10.1 Å². The lowest BCUT2D eigenvalue weighted by Gasteiger charge is -2.39. The Balaban J connectivity index is 1.56. The van der Waals surface area contributed by atoms with Crippen LogP contribution in [0.25, 0.3) is 6.08 Å². The van der Waals surface area contributed by atoms with E-state index in [1.165, 1.54) is 18.5 Å². The molecule has 5 nitrogen and oxygen atoms in total. The van der Waals surface area contributed by atoms with Gasteiger partial charge >= 0.3 is 0 Å². The highest BCUT2D eigenvalue weighted by molar-refractivity contribution is 5.57. The molecule has 1 saturated heterocycles. The van der Waals surface area contributed by atoms with Crippen molar-refractivity contribution < 1.29 is 4.74 Å². The average molecular weight is 354 g/mol. The molecule has 0 saturated carbocycles. The van der Waals surface area contributed by atoms with Crippen LogP contribution in [0, 0.1) is 5.92 Å². The number of aromatic nitrogens is 2. The normalized spacial score (nSPS) is 21.3. The van der Waals surface area contributed by atoms with E-state index in [9.17, 15) is 0 Å². The highest BCUT2D eigenvalue weighted by Gasteiger charge is 2.31. The van der Waals surface area contributed by atoms with Crippen molar-refractivity contribution in [3.8, 4) is 5.75 Å². The third-order valence-electron chi connectivity index (χ3n) is 5.27. The molecule has 1 aromatic carbocycles. The molecular formula is C21H30N4O. The molecule has 2 aromatic rings. The molecule has 2 atom stereocenters. The first kappa shape index (κ1) is 18.7. The molecule has 140 valence electrons. The number of hydrogen-bond donors (Lipinski definition) is 1. The SMILES string of the molecule is COc1ccccc1/C=C/CNC[C@@H]1CCCN(C)[C@H]1c1cncn1C. The Morgan fingerprint density at radius 2 is 2.15 bits per heavy atom. The molecule has 3 rings (SSSR count). The van der Waals surface area contributed by atoms with Crippen molar-refractivity contribution in [3.63, 3.8) is 0 Å². The van der Waals surface area contributed by atoms with Crippen molar-refractivity contribution in [3.05, 3.63) is 54.1 Å². The summed E-state index contributed by atoms with van der Waals surface area (Å²) in [5.41, 5.74) is 2.42. The predicted molar refractivity (Wildman–Crippen MR) is 106 cm³/mol. The number of methoxy groups -OCH3 is 1. The van der Waals surface area contributed by atoms with Gasteiger partial charge in [-0.2, -0.15) is 0 Å². The zero-order chi connectivity index (χ0) is 18.4. The molecular weight excluding hydrogens is 324 g/mol. The zero-order valence-corrected chi connectivity index (χ0v) is 16.1. The van der Waals surface area contributed by atoms with Gasteiger partial charge in [0.15, 0.2) is 0 Å². The van der Waals surface area contributed by atoms with Gasteiger partial charge < -0.3 is 14.6 Å². The standard InChI is InChI=1S/C21H30N4O/c1-24-13-7-10-18(21(24)19-15-23-16-25(19)2)14-22-12-6-9-17-8-4-5-11-20(17)26-3/h4-6,8-9,11,15-16,18,21-22H,7,10,12-14H2,1-3H3/b9-6+/t18-,21+/m0/s1. The molecule has 1 aromatic heterocycles. The number of para-hydroxylation sites is 1. The maximum absolute atomic E-state index is 5.39. The second kappa shape index (κ2) is 9.01. The Hall–Kier alpha value is -2.11. The van der Waals surface area contributed by atoms with E-state index in [0.717, 1.165) is 30.9 Å². The van der Waals surface area contributed by atoms with Crippen molar-refractivity contribution in [1.29, 1.82) is 0 Å². The number of aryl methyl sites for hydroxylation is 1. The Morgan fingerprint density at radius 3 is 2.92 bits per heavy atom. The van der Waals surface area contributed by atoms with Crippen LogP contribution >= 0.6 is 0 Å².